The Bertz CT molecular complexity index is 517. The lowest BCUT2D eigenvalue weighted by atomic mass is 10.0. The highest BCUT2D eigenvalue weighted by Gasteiger charge is 2.21. The number of carbonyl (C=O) groups excluding carboxylic acids is 1. The summed E-state index contributed by atoms with van der Waals surface area (Å²) >= 11 is 0. The summed E-state index contributed by atoms with van der Waals surface area (Å²) in [6.07, 6.45) is 1.58. The molecule has 1 fully saturated rings. The summed E-state index contributed by atoms with van der Waals surface area (Å²) in [5.74, 6) is 0.710. The van der Waals surface area contributed by atoms with Crippen LogP contribution in [0, 0.1) is 0 Å². The number of ether oxygens (including phenoxy) is 2. The molecule has 0 unspecified atom stereocenters. The van der Waals surface area contributed by atoms with Crippen molar-refractivity contribution in [2.45, 2.75) is 25.5 Å². The van der Waals surface area contributed by atoms with Gasteiger partial charge in [0.2, 0.25) is 0 Å². The van der Waals surface area contributed by atoms with Crippen molar-refractivity contribution < 1.29 is 24.2 Å². The highest BCUT2D eigenvalue weighted by molar-refractivity contribution is 5.67. The standard InChI is InChI=1S/C16H24N2O5/c1-21-11-13-9-12(5-6-15(13)22-2)14(10-19)17-23-16(20)18-7-3-4-8-18/h5-6,9,14,17,19H,3-4,7-8,10-11H2,1-2H3/t14-/m1/s1. The molecule has 1 aliphatic rings. The SMILES string of the molecule is COCc1cc([C@@H](CO)NOC(=O)N2CCCC2)ccc1OC. The van der Waals surface area contributed by atoms with Gasteiger partial charge in [-0.3, -0.25) is 0 Å². The number of aliphatic hydroxyl groups is 1. The molecule has 7 nitrogen and oxygen atoms in total. The first-order valence-electron chi connectivity index (χ1n) is 7.67. The summed E-state index contributed by atoms with van der Waals surface area (Å²) in [6.45, 7) is 1.62. The first kappa shape index (κ1) is 17.5. The number of aliphatic hydroxyl groups excluding tert-OH is 1. The summed E-state index contributed by atoms with van der Waals surface area (Å²) < 4.78 is 10.4. The third kappa shape index (κ3) is 4.57. The van der Waals surface area contributed by atoms with Crippen LogP contribution in [0.2, 0.25) is 0 Å². The van der Waals surface area contributed by atoms with Crippen LogP contribution in [0.15, 0.2) is 18.2 Å². The van der Waals surface area contributed by atoms with Gasteiger partial charge >= 0.3 is 6.09 Å². The summed E-state index contributed by atoms with van der Waals surface area (Å²) in [6, 6.07) is 4.97. The van der Waals surface area contributed by atoms with Gasteiger partial charge in [-0.2, -0.15) is 0 Å². The molecule has 2 N–H and O–H groups in total. The molecule has 1 amide bonds. The molecule has 1 atom stereocenters. The molecule has 128 valence electrons. The minimum Gasteiger partial charge on any atom is -0.496 e. The predicted octanol–water partition coefficient (Wildman–Crippen LogP) is 1.61. The number of rotatable bonds is 7. The Morgan fingerprint density at radius 1 is 1.35 bits per heavy atom. The van der Waals surface area contributed by atoms with E-state index in [9.17, 15) is 9.90 Å². The van der Waals surface area contributed by atoms with Gasteiger partial charge in [-0.05, 0) is 30.5 Å². The van der Waals surface area contributed by atoms with Crippen molar-refractivity contribution >= 4 is 6.09 Å². The maximum absolute atomic E-state index is 11.9. The molecule has 1 aromatic rings. The molecule has 0 spiro atoms. The fourth-order valence-electron chi connectivity index (χ4n) is 2.58. The Balaban J connectivity index is 2.01. The number of amides is 1. The van der Waals surface area contributed by atoms with E-state index in [0.29, 0.717) is 25.4 Å². The van der Waals surface area contributed by atoms with E-state index in [1.807, 2.05) is 12.1 Å². The van der Waals surface area contributed by atoms with Crippen LogP contribution in [0.25, 0.3) is 0 Å². The van der Waals surface area contributed by atoms with Crippen LogP contribution in [0.3, 0.4) is 0 Å². The third-order valence-electron chi connectivity index (χ3n) is 3.84. The van der Waals surface area contributed by atoms with Crippen molar-refractivity contribution in [1.82, 2.24) is 10.4 Å². The highest BCUT2D eigenvalue weighted by atomic mass is 16.7. The van der Waals surface area contributed by atoms with E-state index in [0.717, 1.165) is 24.0 Å². The van der Waals surface area contributed by atoms with Crippen LogP contribution in [-0.2, 0) is 16.2 Å². The van der Waals surface area contributed by atoms with E-state index < -0.39 is 12.1 Å². The minimum atomic E-state index is -0.511. The lowest BCUT2D eigenvalue weighted by Crippen LogP contribution is -2.35. The van der Waals surface area contributed by atoms with Gasteiger partial charge in [0.25, 0.3) is 0 Å². The molecule has 23 heavy (non-hydrogen) atoms. The molecular weight excluding hydrogens is 300 g/mol. The van der Waals surface area contributed by atoms with Gasteiger partial charge in [-0.25, -0.2) is 4.79 Å². The van der Waals surface area contributed by atoms with Crippen LogP contribution in [0.1, 0.15) is 30.0 Å². The first-order chi connectivity index (χ1) is 11.2. The largest absolute Gasteiger partial charge is 0.496 e. The summed E-state index contributed by atoms with van der Waals surface area (Å²) in [5.41, 5.74) is 4.29. The third-order valence-corrected chi connectivity index (χ3v) is 3.84. The molecule has 1 saturated heterocycles. The second-order valence-corrected chi connectivity index (χ2v) is 5.42. The van der Waals surface area contributed by atoms with Gasteiger partial charge in [0.05, 0.1) is 26.4 Å². The molecule has 7 heteroatoms. The number of likely N-dealkylation sites (tertiary alicyclic amines) is 1. The van der Waals surface area contributed by atoms with Gasteiger partial charge in [-0.15, -0.1) is 5.48 Å². The van der Waals surface area contributed by atoms with Crippen molar-refractivity contribution in [1.29, 1.82) is 0 Å². The lowest BCUT2D eigenvalue weighted by molar-refractivity contribution is 0.0300. The number of hydrogen-bond donors (Lipinski definition) is 2. The van der Waals surface area contributed by atoms with Gasteiger partial charge in [-0.1, -0.05) is 6.07 Å². The van der Waals surface area contributed by atoms with E-state index in [2.05, 4.69) is 5.48 Å². The second-order valence-electron chi connectivity index (χ2n) is 5.42. The molecule has 0 saturated carbocycles. The smallest absolute Gasteiger partial charge is 0.428 e. The van der Waals surface area contributed by atoms with E-state index in [-0.39, 0.29) is 6.61 Å². The minimum absolute atomic E-state index is 0.202. The van der Waals surface area contributed by atoms with Crippen molar-refractivity contribution in [2.24, 2.45) is 0 Å². The van der Waals surface area contributed by atoms with Gasteiger partial charge in [0, 0.05) is 25.8 Å². The number of hydroxylamine groups is 1. The molecule has 0 aliphatic carbocycles. The monoisotopic (exact) mass is 324 g/mol. The number of nitrogens with one attached hydrogen (secondary N) is 1. The van der Waals surface area contributed by atoms with Gasteiger partial charge in [0.1, 0.15) is 5.75 Å². The van der Waals surface area contributed by atoms with E-state index in [1.54, 1.807) is 25.2 Å². The quantitative estimate of drug-likeness (QED) is 0.742. The Hall–Kier alpha value is -1.83. The zero-order chi connectivity index (χ0) is 16.7. The number of carbonyl (C=O) groups is 1. The maximum Gasteiger partial charge on any atom is 0.428 e. The molecular formula is C16H24N2O5. The van der Waals surface area contributed by atoms with Crippen LogP contribution < -0.4 is 10.2 Å². The van der Waals surface area contributed by atoms with Crippen LogP contribution in [0.4, 0.5) is 4.79 Å². The second kappa shape index (κ2) is 8.71. The molecule has 1 aliphatic heterocycles. The summed E-state index contributed by atoms with van der Waals surface area (Å²) in [4.78, 5) is 18.6. The van der Waals surface area contributed by atoms with Crippen molar-refractivity contribution in [3.63, 3.8) is 0 Å². The van der Waals surface area contributed by atoms with E-state index >= 15 is 0 Å². The van der Waals surface area contributed by atoms with Gasteiger partial charge < -0.3 is 24.3 Å². The Labute approximate surface area is 136 Å². The Morgan fingerprint density at radius 2 is 2.09 bits per heavy atom. The normalized spacial score (nSPS) is 15.5. The number of benzene rings is 1. The number of hydrogen-bond acceptors (Lipinski definition) is 6. The topological polar surface area (TPSA) is 80.3 Å². The average molecular weight is 324 g/mol. The number of nitrogens with zero attached hydrogens (tertiary/aromatic N) is 1. The fraction of sp³-hybridized carbons (Fsp3) is 0.562. The molecule has 2 rings (SSSR count). The maximum atomic E-state index is 11.9. The summed E-state index contributed by atoms with van der Waals surface area (Å²) in [7, 11) is 3.19. The fourth-order valence-corrected chi connectivity index (χ4v) is 2.58. The van der Waals surface area contributed by atoms with Gasteiger partial charge in [0.15, 0.2) is 0 Å². The van der Waals surface area contributed by atoms with Crippen molar-refractivity contribution in [3.8, 4) is 5.75 Å². The van der Waals surface area contributed by atoms with E-state index in [4.69, 9.17) is 14.3 Å². The van der Waals surface area contributed by atoms with Crippen molar-refractivity contribution in [2.75, 3.05) is 33.9 Å². The van der Waals surface area contributed by atoms with Crippen molar-refractivity contribution in [3.05, 3.63) is 29.3 Å². The molecule has 0 bridgehead atoms. The average Bonchev–Trinajstić information content (AvgIpc) is 3.10. The van der Waals surface area contributed by atoms with Crippen LogP contribution in [0.5, 0.6) is 5.75 Å². The lowest BCUT2D eigenvalue weighted by Gasteiger charge is -2.20. The molecule has 1 heterocycles. The zero-order valence-corrected chi connectivity index (χ0v) is 13.6. The Morgan fingerprint density at radius 3 is 2.70 bits per heavy atom. The zero-order valence-electron chi connectivity index (χ0n) is 13.6. The predicted molar refractivity (Wildman–Crippen MR) is 84.0 cm³/mol. The molecule has 1 aromatic carbocycles. The van der Waals surface area contributed by atoms with Crippen LogP contribution >= 0.6 is 0 Å². The molecule has 0 aromatic heterocycles. The summed E-state index contributed by atoms with van der Waals surface area (Å²) in [5, 5.41) is 9.58. The highest BCUT2D eigenvalue weighted by Crippen LogP contribution is 2.24. The van der Waals surface area contributed by atoms with Crippen LogP contribution in [-0.4, -0.2) is 50.0 Å². The number of methoxy groups -OCH3 is 2. The first-order valence-corrected chi connectivity index (χ1v) is 7.67. The van der Waals surface area contributed by atoms with E-state index in [1.165, 1.54) is 0 Å². The Kier molecular flexibility index (Phi) is 6.64. The molecule has 0 radical (unpaired) electrons.